The predicted octanol–water partition coefficient (Wildman–Crippen LogP) is 1.85. The predicted molar refractivity (Wildman–Crippen MR) is 117 cm³/mol. The second-order valence-corrected chi connectivity index (χ2v) is 9.02. The van der Waals surface area contributed by atoms with Crippen LogP contribution in [0.5, 0.6) is 5.75 Å². The van der Waals surface area contributed by atoms with E-state index in [0.717, 1.165) is 23.1 Å². The minimum atomic E-state index is -2.29. The van der Waals surface area contributed by atoms with E-state index in [1.54, 1.807) is 19.2 Å². The number of ether oxygens (including phenoxy) is 2. The molecule has 1 heterocycles. The minimum absolute atomic E-state index is 0.00881. The van der Waals surface area contributed by atoms with Crippen LogP contribution in [0.1, 0.15) is 23.6 Å². The smallest absolute Gasteiger partial charge is 0.222 e. The van der Waals surface area contributed by atoms with Crippen molar-refractivity contribution in [2.75, 3.05) is 12.9 Å². The topological polar surface area (TPSA) is 116 Å². The Hall–Kier alpha value is -1.65. The van der Waals surface area contributed by atoms with Gasteiger partial charge >= 0.3 is 0 Å². The van der Waals surface area contributed by atoms with E-state index in [1.807, 2.05) is 24.3 Å². The molecule has 168 valence electrons. The van der Waals surface area contributed by atoms with Gasteiger partial charge in [-0.15, -0.1) is 0 Å². The van der Waals surface area contributed by atoms with Gasteiger partial charge in [0.25, 0.3) is 0 Å². The molecule has 0 aromatic heterocycles. The van der Waals surface area contributed by atoms with E-state index in [-0.39, 0.29) is 16.4 Å². The Balaban J connectivity index is 1.90. The molecule has 0 spiro atoms. The largest absolute Gasteiger partial charge is 0.497 e. The van der Waals surface area contributed by atoms with Gasteiger partial charge in [0, 0.05) is 23.3 Å². The van der Waals surface area contributed by atoms with Crippen LogP contribution in [0.3, 0.4) is 0 Å². The number of benzene rings is 2. The highest BCUT2D eigenvalue weighted by molar-refractivity contribution is 8.13. The second kappa shape index (κ2) is 9.87. The summed E-state index contributed by atoms with van der Waals surface area (Å²) in [5.74, 6) is -1.56. The molecule has 2 aromatic rings. The van der Waals surface area contributed by atoms with Crippen molar-refractivity contribution in [2.45, 2.75) is 43.5 Å². The number of rotatable bonds is 6. The molecule has 0 unspecified atom stereocenters. The summed E-state index contributed by atoms with van der Waals surface area (Å²) < 4.78 is 10.8. The number of hydrogen-bond acceptors (Lipinski definition) is 8. The Kier molecular flexibility index (Phi) is 7.64. The first kappa shape index (κ1) is 24.0. The van der Waals surface area contributed by atoms with Gasteiger partial charge in [-0.1, -0.05) is 41.6 Å². The van der Waals surface area contributed by atoms with Crippen LogP contribution in [0.2, 0.25) is 5.02 Å². The van der Waals surface area contributed by atoms with Crippen LogP contribution in [0, 0.1) is 0 Å². The highest BCUT2D eigenvalue weighted by Gasteiger charge is 2.53. The van der Waals surface area contributed by atoms with Crippen molar-refractivity contribution in [3.63, 3.8) is 0 Å². The third-order valence-corrected chi connectivity index (χ3v) is 6.52. The van der Waals surface area contributed by atoms with E-state index in [9.17, 15) is 25.2 Å². The number of thioether (sulfide) groups is 1. The monoisotopic (exact) mass is 468 g/mol. The lowest BCUT2D eigenvalue weighted by Crippen LogP contribution is -2.63. The molecule has 3 rings (SSSR count). The van der Waals surface area contributed by atoms with E-state index in [0.29, 0.717) is 17.0 Å². The maximum Gasteiger partial charge on any atom is 0.222 e. The summed E-state index contributed by atoms with van der Waals surface area (Å²) in [5, 5.41) is 42.5. The van der Waals surface area contributed by atoms with Crippen molar-refractivity contribution in [1.29, 1.82) is 0 Å². The minimum Gasteiger partial charge on any atom is -0.497 e. The molecule has 1 saturated heterocycles. The van der Waals surface area contributed by atoms with Crippen LogP contribution in [-0.2, 0) is 21.7 Å². The van der Waals surface area contributed by atoms with Crippen LogP contribution in [-0.4, -0.2) is 62.8 Å². The molecular formula is C22H25ClO7S. The fourth-order valence-corrected chi connectivity index (χ4v) is 4.32. The molecule has 1 aliphatic rings. The van der Waals surface area contributed by atoms with E-state index in [4.69, 9.17) is 21.1 Å². The lowest BCUT2D eigenvalue weighted by Gasteiger charge is -2.46. The van der Waals surface area contributed by atoms with Gasteiger partial charge in [0.15, 0.2) is 5.12 Å². The van der Waals surface area contributed by atoms with Crippen molar-refractivity contribution < 1.29 is 34.7 Å². The lowest BCUT2D eigenvalue weighted by molar-refractivity contribution is -0.350. The van der Waals surface area contributed by atoms with E-state index >= 15 is 0 Å². The maximum absolute atomic E-state index is 11.3. The molecule has 0 amide bonds. The fraction of sp³-hybridized carbons (Fsp3) is 0.409. The number of carbonyl (C=O) groups is 1. The van der Waals surface area contributed by atoms with Gasteiger partial charge < -0.3 is 29.9 Å². The van der Waals surface area contributed by atoms with Gasteiger partial charge in [0.1, 0.15) is 24.1 Å². The van der Waals surface area contributed by atoms with Crippen LogP contribution in [0.15, 0.2) is 42.5 Å². The summed E-state index contributed by atoms with van der Waals surface area (Å²) in [6, 6.07) is 12.1. The number of hydrogen-bond donors (Lipinski definition) is 4. The zero-order valence-electron chi connectivity index (χ0n) is 17.1. The summed E-state index contributed by atoms with van der Waals surface area (Å²) in [6.07, 6.45) is -5.57. The average Bonchev–Trinajstić information content (AvgIpc) is 2.75. The summed E-state index contributed by atoms with van der Waals surface area (Å²) in [4.78, 5) is 11.3. The maximum atomic E-state index is 11.3. The summed E-state index contributed by atoms with van der Waals surface area (Å²) in [6.45, 7) is 1.36. The van der Waals surface area contributed by atoms with Gasteiger partial charge in [-0.25, -0.2) is 0 Å². The fourth-order valence-electron chi connectivity index (χ4n) is 3.48. The Morgan fingerprint density at radius 2 is 1.84 bits per heavy atom. The molecule has 7 nitrogen and oxygen atoms in total. The number of halogens is 1. The Morgan fingerprint density at radius 3 is 2.45 bits per heavy atom. The highest BCUT2D eigenvalue weighted by Crippen LogP contribution is 2.38. The van der Waals surface area contributed by atoms with Gasteiger partial charge in [-0.3, -0.25) is 4.79 Å². The highest BCUT2D eigenvalue weighted by atomic mass is 35.5. The third kappa shape index (κ3) is 5.23. The number of aliphatic hydroxyl groups is 4. The van der Waals surface area contributed by atoms with Crippen molar-refractivity contribution >= 4 is 28.5 Å². The molecule has 31 heavy (non-hydrogen) atoms. The first-order chi connectivity index (χ1) is 14.7. The normalized spacial score (nSPS) is 28.4. The molecule has 0 bridgehead atoms. The number of carbonyl (C=O) groups excluding carboxylic acids is 1. The summed E-state index contributed by atoms with van der Waals surface area (Å²) in [5.41, 5.74) is 1.80. The van der Waals surface area contributed by atoms with Gasteiger partial charge in [0.05, 0.1) is 13.2 Å². The molecule has 1 fully saturated rings. The van der Waals surface area contributed by atoms with E-state index in [1.165, 1.54) is 13.0 Å². The second-order valence-electron chi connectivity index (χ2n) is 7.41. The van der Waals surface area contributed by atoms with Gasteiger partial charge in [0.2, 0.25) is 5.79 Å². The standard InChI is InChI=1S/C22H25ClO7S/c1-12(24)31-11-18-19(25)20(26)21(27)22(28,30-18)15-5-8-17(23)14(10-15)9-13-3-6-16(29-2)7-4-13/h3-8,10,18-21,25-28H,9,11H2,1-2H3/t18-,19-,20+,21-,22+/m1/s1. The Morgan fingerprint density at radius 1 is 1.16 bits per heavy atom. The van der Waals surface area contributed by atoms with E-state index < -0.39 is 30.2 Å². The molecule has 0 aliphatic carbocycles. The molecule has 0 radical (unpaired) electrons. The molecule has 2 aromatic carbocycles. The molecule has 1 aliphatic heterocycles. The molecular weight excluding hydrogens is 444 g/mol. The molecule has 0 saturated carbocycles. The summed E-state index contributed by atoms with van der Waals surface area (Å²) in [7, 11) is 1.58. The quantitative estimate of drug-likeness (QED) is 0.507. The molecule has 4 N–H and O–H groups in total. The van der Waals surface area contributed by atoms with Crippen LogP contribution < -0.4 is 4.74 Å². The number of methoxy groups -OCH3 is 1. The van der Waals surface area contributed by atoms with Crippen molar-refractivity contribution in [3.8, 4) is 5.75 Å². The Bertz CT molecular complexity index is 923. The number of aliphatic hydroxyl groups excluding tert-OH is 3. The first-order valence-electron chi connectivity index (χ1n) is 9.65. The Labute approximate surface area is 189 Å². The van der Waals surface area contributed by atoms with Gasteiger partial charge in [-0.2, -0.15) is 0 Å². The zero-order valence-corrected chi connectivity index (χ0v) is 18.6. The third-order valence-electron chi connectivity index (χ3n) is 5.25. The lowest BCUT2D eigenvalue weighted by atomic mass is 9.87. The first-order valence-corrected chi connectivity index (χ1v) is 11.0. The van der Waals surface area contributed by atoms with Crippen LogP contribution >= 0.6 is 23.4 Å². The van der Waals surface area contributed by atoms with Crippen molar-refractivity contribution in [3.05, 3.63) is 64.2 Å². The average molecular weight is 469 g/mol. The molecule has 5 atom stereocenters. The van der Waals surface area contributed by atoms with Crippen LogP contribution in [0.4, 0.5) is 0 Å². The SMILES string of the molecule is COc1ccc(Cc2cc([C@]3(O)O[C@H](CSC(C)=O)[C@@H](O)[C@H](O)[C@H]3O)ccc2Cl)cc1. The molecule has 9 heteroatoms. The van der Waals surface area contributed by atoms with E-state index in [2.05, 4.69) is 0 Å². The van der Waals surface area contributed by atoms with Crippen molar-refractivity contribution in [1.82, 2.24) is 0 Å². The summed E-state index contributed by atoms with van der Waals surface area (Å²) >= 11 is 7.24. The van der Waals surface area contributed by atoms with Gasteiger partial charge in [-0.05, 0) is 41.8 Å². The zero-order chi connectivity index (χ0) is 22.8. The van der Waals surface area contributed by atoms with Crippen molar-refractivity contribution in [2.24, 2.45) is 0 Å². The van der Waals surface area contributed by atoms with Crippen LogP contribution in [0.25, 0.3) is 0 Å².